The Morgan fingerprint density at radius 1 is 1.38 bits per heavy atom. The minimum atomic E-state index is 0.281. The van der Waals surface area contributed by atoms with Crippen LogP contribution in [0.1, 0.15) is 45.7 Å². The molecular weight excluding hydrogens is 160 g/mol. The van der Waals surface area contributed by atoms with Gasteiger partial charge in [-0.05, 0) is 17.9 Å². The topological polar surface area (TPSA) is 25.8 Å². The highest BCUT2D eigenvalue weighted by Gasteiger charge is 2.25. The van der Waals surface area contributed by atoms with E-state index < -0.39 is 0 Å². The molecule has 0 fully saturated rings. The molecule has 1 aromatic rings. The fourth-order valence-electron chi connectivity index (χ4n) is 1.77. The molecule has 0 saturated heterocycles. The van der Waals surface area contributed by atoms with Crippen molar-refractivity contribution in [2.45, 2.75) is 40.0 Å². The predicted molar refractivity (Wildman–Crippen MR) is 54.5 cm³/mol. The number of rotatable bonds is 2. The summed E-state index contributed by atoms with van der Waals surface area (Å²) in [7, 11) is 0. The summed E-state index contributed by atoms with van der Waals surface area (Å²) in [5, 5.41) is 0. The van der Waals surface area contributed by atoms with Gasteiger partial charge in [0.05, 0.1) is 0 Å². The molecule has 0 amide bonds. The molecule has 0 aromatic carbocycles. The third-order valence-corrected chi connectivity index (χ3v) is 2.42. The summed E-state index contributed by atoms with van der Waals surface area (Å²) in [6, 6.07) is 2.01. The van der Waals surface area contributed by atoms with E-state index in [1.54, 1.807) is 6.33 Å². The maximum absolute atomic E-state index is 4.31. The molecule has 2 nitrogen and oxygen atoms in total. The van der Waals surface area contributed by atoms with Crippen LogP contribution < -0.4 is 0 Å². The van der Waals surface area contributed by atoms with Crippen LogP contribution in [0.25, 0.3) is 0 Å². The molecule has 0 radical (unpaired) electrons. The Morgan fingerprint density at radius 3 is 2.46 bits per heavy atom. The second-order valence-electron chi connectivity index (χ2n) is 4.46. The molecule has 2 heteroatoms. The van der Waals surface area contributed by atoms with Gasteiger partial charge in [0.1, 0.15) is 6.33 Å². The number of nitrogens with zero attached hydrogens (tertiary/aromatic N) is 2. The minimum Gasteiger partial charge on any atom is -0.245 e. The van der Waals surface area contributed by atoms with Crippen molar-refractivity contribution >= 4 is 0 Å². The first-order valence-corrected chi connectivity index (χ1v) is 4.81. The summed E-state index contributed by atoms with van der Waals surface area (Å²) in [6.07, 6.45) is 4.57. The summed E-state index contributed by atoms with van der Waals surface area (Å²) in [5.74, 6) is 0.524. The molecule has 72 valence electrons. The zero-order chi connectivity index (χ0) is 9.90. The standard InChI is InChI=1S/C11H18N2/c1-5-9(11(2,3)4)10-6-7-12-8-13-10/h6-9H,5H2,1-4H3. The Kier molecular flexibility index (Phi) is 3.02. The lowest BCUT2D eigenvalue weighted by atomic mass is 9.77. The molecule has 1 heterocycles. The number of hydrogen-bond donors (Lipinski definition) is 0. The second-order valence-corrected chi connectivity index (χ2v) is 4.46. The average Bonchev–Trinajstić information content (AvgIpc) is 2.05. The van der Waals surface area contributed by atoms with Crippen molar-refractivity contribution in [3.63, 3.8) is 0 Å². The van der Waals surface area contributed by atoms with E-state index in [4.69, 9.17) is 0 Å². The molecule has 1 aromatic heterocycles. The third-order valence-electron chi connectivity index (χ3n) is 2.42. The molecule has 0 aliphatic heterocycles. The van der Waals surface area contributed by atoms with E-state index in [1.807, 2.05) is 12.3 Å². The summed E-state index contributed by atoms with van der Waals surface area (Å²) in [4.78, 5) is 8.24. The highest BCUT2D eigenvalue weighted by Crippen LogP contribution is 2.35. The largest absolute Gasteiger partial charge is 0.245 e. The molecule has 0 N–H and O–H groups in total. The first-order valence-electron chi connectivity index (χ1n) is 4.81. The molecule has 0 saturated carbocycles. The van der Waals surface area contributed by atoms with Crippen molar-refractivity contribution in [3.8, 4) is 0 Å². The summed E-state index contributed by atoms with van der Waals surface area (Å²) in [6.45, 7) is 8.97. The highest BCUT2D eigenvalue weighted by molar-refractivity contribution is 5.08. The Balaban J connectivity index is 2.92. The van der Waals surface area contributed by atoms with Crippen molar-refractivity contribution in [2.24, 2.45) is 5.41 Å². The Morgan fingerprint density at radius 2 is 2.08 bits per heavy atom. The van der Waals surface area contributed by atoms with Crippen LogP contribution in [0.2, 0.25) is 0 Å². The van der Waals surface area contributed by atoms with Crippen molar-refractivity contribution < 1.29 is 0 Å². The molecule has 0 spiro atoms. The zero-order valence-corrected chi connectivity index (χ0v) is 8.91. The number of aromatic nitrogens is 2. The van der Waals surface area contributed by atoms with E-state index in [2.05, 4.69) is 37.7 Å². The summed E-state index contributed by atoms with van der Waals surface area (Å²) >= 11 is 0. The van der Waals surface area contributed by atoms with Crippen LogP contribution >= 0.6 is 0 Å². The van der Waals surface area contributed by atoms with Crippen molar-refractivity contribution in [1.82, 2.24) is 9.97 Å². The van der Waals surface area contributed by atoms with Gasteiger partial charge in [0.15, 0.2) is 0 Å². The Bertz CT molecular complexity index is 249. The van der Waals surface area contributed by atoms with E-state index in [1.165, 1.54) is 0 Å². The SMILES string of the molecule is CCC(c1ccncn1)C(C)(C)C. The van der Waals surface area contributed by atoms with E-state index >= 15 is 0 Å². The van der Waals surface area contributed by atoms with Gasteiger partial charge in [-0.3, -0.25) is 0 Å². The molecule has 0 aliphatic carbocycles. The Labute approximate surface area is 80.4 Å². The summed E-state index contributed by atoms with van der Waals surface area (Å²) < 4.78 is 0. The first-order chi connectivity index (χ1) is 6.05. The molecule has 0 aliphatic rings. The van der Waals surface area contributed by atoms with Gasteiger partial charge in [0, 0.05) is 17.8 Å². The Hall–Kier alpha value is -0.920. The number of hydrogen-bond acceptors (Lipinski definition) is 2. The van der Waals surface area contributed by atoms with Gasteiger partial charge in [-0.1, -0.05) is 27.7 Å². The van der Waals surface area contributed by atoms with Crippen LogP contribution in [0.3, 0.4) is 0 Å². The van der Waals surface area contributed by atoms with Crippen LogP contribution in [0.4, 0.5) is 0 Å². The highest BCUT2D eigenvalue weighted by atomic mass is 14.8. The van der Waals surface area contributed by atoms with Crippen molar-refractivity contribution in [1.29, 1.82) is 0 Å². The fraction of sp³-hybridized carbons (Fsp3) is 0.636. The third kappa shape index (κ3) is 2.51. The van der Waals surface area contributed by atoms with E-state index in [9.17, 15) is 0 Å². The van der Waals surface area contributed by atoms with E-state index in [0.29, 0.717) is 5.92 Å². The summed E-state index contributed by atoms with van der Waals surface area (Å²) in [5.41, 5.74) is 1.44. The van der Waals surface area contributed by atoms with Crippen LogP contribution in [-0.2, 0) is 0 Å². The smallest absolute Gasteiger partial charge is 0.115 e. The maximum Gasteiger partial charge on any atom is 0.115 e. The van der Waals surface area contributed by atoms with Gasteiger partial charge in [-0.25, -0.2) is 9.97 Å². The minimum absolute atomic E-state index is 0.281. The van der Waals surface area contributed by atoms with Gasteiger partial charge < -0.3 is 0 Å². The van der Waals surface area contributed by atoms with Crippen LogP contribution in [0, 0.1) is 5.41 Å². The average molecular weight is 178 g/mol. The molecular formula is C11H18N2. The van der Waals surface area contributed by atoms with Gasteiger partial charge in [-0.15, -0.1) is 0 Å². The van der Waals surface area contributed by atoms with Gasteiger partial charge >= 0.3 is 0 Å². The molecule has 1 atom stereocenters. The molecule has 13 heavy (non-hydrogen) atoms. The van der Waals surface area contributed by atoms with Gasteiger partial charge in [0.25, 0.3) is 0 Å². The van der Waals surface area contributed by atoms with Gasteiger partial charge in [0.2, 0.25) is 0 Å². The lowest BCUT2D eigenvalue weighted by Crippen LogP contribution is -2.18. The maximum atomic E-state index is 4.31. The second kappa shape index (κ2) is 3.86. The monoisotopic (exact) mass is 178 g/mol. The van der Waals surface area contributed by atoms with Crippen molar-refractivity contribution in [3.05, 3.63) is 24.3 Å². The van der Waals surface area contributed by atoms with Crippen LogP contribution in [-0.4, -0.2) is 9.97 Å². The lowest BCUT2D eigenvalue weighted by molar-refractivity contribution is 0.307. The molecule has 1 unspecified atom stereocenters. The van der Waals surface area contributed by atoms with Crippen LogP contribution in [0.15, 0.2) is 18.6 Å². The molecule has 0 bridgehead atoms. The van der Waals surface area contributed by atoms with Crippen molar-refractivity contribution in [2.75, 3.05) is 0 Å². The predicted octanol–water partition coefficient (Wildman–Crippen LogP) is 3.02. The normalized spacial score (nSPS) is 14.2. The molecule has 1 rings (SSSR count). The fourth-order valence-corrected chi connectivity index (χ4v) is 1.77. The van der Waals surface area contributed by atoms with E-state index in [-0.39, 0.29) is 5.41 Å². The quantitative estimate of drug-likeness (QED) is 0.695. The first kappa shape index (κ1) is 10.2. The lowest BCUT2D eigenvalue weighted by Gasteiger charge is -2.29. The van der Waals surface area contributed by atoms with Crippen LogP contribution in [0.5, 0.6) is 0 Å². The van der Waals surface area contributed by atoms with E-state index in [0.717, 1.165) is 12.1 Å². The van der Waals surface area contributed by atoms with Gasteiger partial charge in [-0.2, -0.15) is 0 Å². The zero-order valence-electron chi connectivity index (χ0n) is 8.91.